The van der Waals surface area contributed by atoms with Crippen molar-refractivity contribution in [2.45, 2.75) is 6.92 Å². The summed E-state index contributed by atoms with van der Waals surface area (Å²) in [5.74, 6) is -1.25. The Labute approximate surface area is 114 Å². The molecular weight excluding hydrogens is 259 g/mol. The zero-order valence-corrected chi connectivity index (χ0v) is 10.7. The number of aromatic nitrogens is 2. The highest BCUT2D eigenvalue weighted by atomic mass is 19.1. The van der Waals surface area contributed by atoms with Crippen LogP contribution >= 0.6 is 0 Å². The topological polar surface area (TPSA) is 54.6 Å². The highest BCUT2D eigenvalue weighted by molar-refractivity contribution is 5.88. The fourth-order valence-corrected chi connectivity index (χ4v) is 2.06. The molecule has 2 aromatic heterocycles. The number of nitrogens with zero attached hydrogens (tertiary/aromatic N) is 2. The van der Waals surface area contributed by atoms with Gasteiger partial charge >= 0.3 is 5.97 Å². The van der Waals surface area contributed by atoms with Crippen LogP contribution in [0.3, 0.4) is 0 Å². The molecule has 5 heteroatoms. The molecular formula is C15H11FN2O2. The molecule has 0 bridgehead atoms. The number of hydrogen-bond acceptors (Lipinski definition) is 2. The normalized spacial score (nSPS) is 10.9. The lowest BCUT2D eigenvalue weighted by Gasteiger charge is -1.99. The first-order valence-electron chi connectivity index (χ1n) is 6.03. The molecule has 3 rings (SSSR count). The summed E-state index contributed by atoms with van der Waals surface area (Å²) < 4.78 is 15.0. The number of imidazole rings is 1. The molecule has 1 N–H and O–H groups in total. The van der Waals surface area contributed by atoms with E-state index in [1.165, 1.54) is 18.2 Å². The van der Waals surface area contributed by atoms with Gasteiger partial charge in [0.15, 0.2) is 0 Å². The Hall–Kier alpha value is -2.69. The second-order valence-corrected chi connectivity index (χ2v) is 4.58. The van der Waals surface area contributed by atoms with Crippen molar-refractivity contribution in [1.29, 1.82) is 0 Å². The third-order valence-corrected chi connectivity index (χ3v) is 3.16. The van der Waals surface area contributed by atoms with Crippen LogP contribution in [-0.4, -0.2) is 20.5 Å². The third-order valence-electron chi connectivity index (χ3n) is 3.16. The van der Waals surface area contributed by atoms with Crippen LogP contribution in [0.25, 0.3) is 16.9 Å². The average molecular weight is 270 g/mol. The first-order chi connectivity index (χ1) is 9.54. The number of carboxylic acid groups (broad SMARTS) is 1. The molecule has 0 saturated carbocycles. The number of aromatic carboxylic acids is 1. The Morgan fingerprint density at radius 3 is 2.80 bits per heavy atom. The van der Waals surface area contributed by atoms with E-state index in [0.717, 1.165) is 5.56 Å². The Morgan fingerprint density at radius 2 is 2.10 bits per heavy atom. The summed E-state index contributed by atoms with van der Waals surface area (Å²) in [6, 6.07) is 7.79. The van der Waals surface area contributed by atoms with Crippen LogP contribution in [-0.2, 0) is 0 Å². The number of rotatable bonds is 2. The molecule has 0 saturated heterocycles. The molecule has 0 aliphatic carbocycles. The Morgan fingerprint density at radius 1 is 1.30 bits per heavy atom. The first kappa shape index (κ1) is 12.3. The van der Waals surface area contributed by atoms with E-state index >= 15 is 0 Å². The van der Waals surface area contributed by atoms with Gasteiger partial charge in [-0.2, -0.15) is 0 Å². The van der Waals surface area contributed by atoms with E-state index in [1.54, 1.807) is 35.9 Å². The number of benzene rings is 1. The lowest BCUT2D eigenvalue weighted by Crippen LogP contribution is -1.96. The summed E-state index contributed by atoms with van der Waals surface area (Å²) in [6.07, 6.45) is 3.43. The fraction of sp³-hybridized carbons (Fsp3) is 0.0667. The number of hydrogen-bond donors (Lipinski definition) is 1. The van der Waals surface area contributed by atoms with E-state index in [9.17, 15) is 9.18 Å². The van der Waals surface area contributed by atoms with Crippen molar-refractivity contribution in [3.63, 3.8) is 0 Å². The van der Waals surface area contributed by atoms with Crippen LogP contribution < -0.4 is 0 Å². The van der Waals surface area contributed by atoms with Gasteiger partial charge in [0.2, 0.25) is 0 Å². The summed E-state index contributed by atoms with van der Waals surface area (Å²) in [7, 11) is 0. The van der Waals surface area contributed by atoms with Gasteiger partial charge in [0.25, 0.3) is 0 Å². The van der Waals surface area contributed by atoms with Gasteiger partial charge in [-0.1, -0.05) is 0 Å². The highest BCUT2D eigenvalue weighted by Gasteiger charge is 2.09. The molecule has 0 fully saturated rings. The second kappa shape index (κ2) is 4.45. The van der Waals surface area contributed by atoms with Gasteiger partial charge in [0.1, 0.15) is 11.5 Å². The maximum atomic E-state index is 13.3. The summed E-state index contributed by atoms with van der Waals surface area (Å²) in [6.45, 7) is 1.69. The number of carbonyl (C=O) groups is 1. The van der Waals surface area contributed by atoms with E-state index in [2.05, 4.69) is 4.98 Å². The van der Waals surface area contributed by atoms with Crippen LogP contribution in [0.15, 0.2) is 42.7 Å². The minimum absolute atomic E-state index is 0.185. The lowest BCUT2D eigenvalue weighted by molar-refractivity contribution is 0.0697. The van der Waals surface area contributed by atoms with Crippen molar-refractivity contribution < 1.29 is 14.3 Å². The minimum Gasteiger partial charge on any atom is -0.478 e. The molecule has 0 amide bonds. The zero-order chi connectivity index (χ0) is 14.3. The molecule has 4 nitrogen and oxygen atoms in total. The Balaban J connectivity index is 2.12. The Kier molecular flexibility index (Phi) is 2.75. The van der Waals surface area contributed by atoms with E-state index in [1.807, 2.05) is 0 Å². The predicted octanol–water partition coefficient (Wildman–Crippen LogP) is 3.15. The zero-order valence-electron chi connectivity index (χ0n) is 10.7. The van der Waals surface area contributed by atoms with E-state index in [0.29, 0.717) is 16.9 Å². The molecule has 0 spiro atoms. The molecule has 20 heavy (non-hydrogen) atoms. The molecule has 3 aromatic rings. The molecule has 0 aliphatic heterocycles. The van der Waals surface area contributed by atoms with Crippen molar-refractivity contribution in [2.24, 2.45) is 0 Å². The quantitative estimate of drug-likeness (QED) is 0.778. The van der Waals surface area contributed by atoms with E-state index < -0.39 is 5.97 Å². The standard InChI is InChI=1S/C15H11FN2O2/c1-9-6-10(2-3-12(9)16)13-8-18-5-4-11(15(19)20)7-14(18)17-13/h2-8H,1H3,(H,19,20). The van der Waals surface area contributed by atoms with Crippen LogP contribution in [0.5, 0.6) is 0 Å². The van der Waals surface area contributed by atoms with Crippen LogP contribution in [0, 0.1) is 12.7 Å². The van der Waals surface area contributed by atoms with Gasteiger partial charge in [-0.25, -0.2) is 14.2 Å². The molecule has 0 radical (unpaired) electrons. The average Bonchev–Trinajstić information content (AvgIpc) is 2.84. The van der Waals surface area contributed by atoms with Gasteiger partial charge in [-0.15, -0.1) is 0 Å². The summed E-state index contributed by atoms with van der Waals surface area (Å²) in [4.78, 5) is 15.3. The largest absolute Gasteiger partial charge is 0.478 e. The molecule has 2 heterocycles. The maximum Gasteiger partial charge on any atom is 0.335 e. The van der Waals surface area contributed by atoms with Crippen LogP contribution in [0.4, 0.5) is 4.39 Å². The highest BCUT2D eigenvalue weighted by Crippen LogP contribution is 2.22. The number of halogens is 1. The summed E-state index contributed by atoms with van der Waals surface area (Å²) in [5.41, 5.74) is 2.75. The summed E-state index contributed by atoms with van der Waals surface area (Å²) >= 11 is 0. The van der Waals surface area contributed by atoms with Crippen molar-refractivity contribution >= 4 is 11.6 Å². The van der Waals surface area contributed by atoms with E-state index in [-0.39, 0.29) is 11.4 Å². The molecule has 1 aromatic carbocycles. The van der Waals surface area contributed by atoms with Crippen molar-refractivity contribution in [3.05, 3.63) is 59.7 Å². The van der Waals surface area contributed by atoms with Gasteiger partial charge in [-0.05, 0) is 42.8 Å². The SMILES string of the molecule is Cc1cc(-c2cn3ccc(C(=O)O)cc3n2)ccc1F. The smallest absolute Gasteiger partial charge is 0.335 e. The molecule has 0 atom stereocenters. The second-order valence-electron chi connectivity index (χ2n) is 4.58. The van der Waals surface area contributed by atoms with E-state index in [4.69, 9.17) is 5.11 Å². The molecule has 100 valence electrons. The predicted molar refractivity (Wildman–Crippen MR) is 72.3 cm³/mol. The van der Waals surface area contributed by atoms with Crippen molar-refractivity contribution in [2.75, 3.05) is 0 Å². The van der Waals surface area contributed by atoms with Crippen molar-refractivity contribution in [1.82, 2.24) is 9.38 Å². The molecule has 0 unspecified atom stereocenters. The number of pyridine rings is 1. The van der Waals surface area contributed by atoms with Gasteiger partial charge in [0, 0.05) is 18.0 Å². The number of fused-ring (bicyclic) bond motifs is 1. The lowest BCUT2D eigenvalue weighted by atomic mass is 10.1. The number of aryl methyl sites for hydroxylation is 1. The molecule has 0 aliphatic rings. The van der Waals surface area contributed by atoms with Gasteiger partial charge < -0.3 is 9.51 Å². The number of carboxylic acids is 1. The maximum absolute atomic E-state index is 13.3. The Bertz CT molecular complexity index is 824. The van der Waals surface area contributed by atoms with Gasteiger partial charge in [0.05, 0.1) is 11.3 Å². The van der Waals surface area contributed by atoms with Crippen molar-refractivity contribution in [3.8, 4) is 11.3 Å². The minimum atomic E-state index is -0.991. The fourth-order valence-electron chi connectivity index (χ4n) is 2.06. The first-order valence-corrected chi connectivity index (χ1v) is 6.03. The van der Waals surface area contributed by atoms with Crippen LogP contribution in [0.1, 0.15) is 15.9 Å². The monoisotopic (exact) mass is 270 g/mol. The summed E-state index contributed by atoms with van der Waals surface area (Å²) in [5, 5.41) is 8.96. The van der Waals surface area contributed by atoms with Crippen LogP contribution in [0.2, 0.25) is 0 Å². The third kappa shape index (κ3) is 2.03. The van der Waals surface area contributed by atoms with Gasteiger partial charge in [-0.3, -0.25) is 0 Å².